The van der Waals surface area contributed by atoms with Crippen molar-refractivity contribution in [2.75, 3.05) is 0 Å². The zero-order valence-corrected chi connectivity index (χ0v) is 16.7. The van der Waals surface area contributed by atoms with Crippen molar-refractivity contribution in [2.24, 2.45) is 0 Å². The summed E-state index contributed by atoms with van der Waals surface area (Å²) in [5.41, 5.74) is -0.128. The molecule has 0 spiro atoms. The Morgan fingerprint density at radius 1 is 1.25 bits per heavy atom. The number of hydrogen-bond acceptors (Lipinski definition) is 5. The van der Waals surface area contributed by atoms with Gasteiger partial charge in [-0.25, -0.2) is 0 Å². The van der Waals surface area contributed by atoms with Gasteiger partial charge in [0.15, 0.2) is 5.78 Å². The van der Waals surface area contributed by atoms with Crippen LogP contribution >= 0.6 is 0 Å². The molecule has 1 atom stereocenters. The summed E-state index contributed by atoms with van der Waals surface area (Å²) in [6.45, 7) is 3.70. The van der Waals surface area contributed by atoms with Crippen molar-refractivity contribution in [1.29, 1.82) is 0 Å². The monoisotopic (exact) mass is 390 g/mol. The molecule has 0 aliphatic heterocycles. The predicted molar refractivity (Wildman–Crippen MR) is 107 cm³/mol. The average molecular weight is 390 g/mol. The van der Waals surface area contributed by atoms with Crippen LogP contribution in [0.1, 0.15) is 82.0 Å². The molecule has 1 aliphatic rings. The number of carbonyl (C=O) groups excluding carboxylic acids is 2. The Morgan fingerprint density at radius 3 is 2.61 bits per heavy atom. The van der Waals surface area contributed by atoms with Gasteiger partial charge in [-0.2, -0.15) is 0 Å². The number of amides is 1. The molecule has 0 bridgehead atoms. The van der Waals surface area contributed by atoms with Crippen LogP contribution in [0.15, 0.2) is 18.2 Å². The molecular formula is C21H30N2O5. The summed E-state index contributed by atoms with van der Waals surface area (Å²) in [4.78, 5) is 34.9. The van der Waals surface area contributed by atoms with Gasteiger partial charge in [0.1, 0.15) is 5.75 Å². The summed E-state index contributed by atoms with van der Waals surface area (Å²) in [7, 11) is 0. The minimum atomic E-state index is -0.550. The van der Waals surface area contributed by atoms with Gasteiger partial charge in [-0.3, -0.25) is 19.7 Å². The summed E-state index contributed by atoms with van der Waals surface area (Å²) in [6.07, 6.45) is 7.22. The fraction of sp³-hybridized carbons (Fsp3) is 0.619. The Bertz CT molecular complexity index is 698. The van der Waals surface area contributed by atoms with Crippen molar-refractivity contribution < 1.29 is 19.2 Å². The zero-order valence-electron chi connectivity index (χ0n) is 16.7. The molecule has 0 saturated heterocycles. The fourth-order valence-electron chi connectivity index (χ4n) is 3.51. The van der Waals surface area contributed by atoms with E-state index in [0.29, 0.717) is 31.1 Å². The molecule has 154 valence electrons. The second kappa shape index (κ2) is 10.8. The fourth-order valence-corrected chi connectivity index (χ4v) is 3.51. The minimum absolute atomic E-state index is 0.0323. The van der Waals surface area contributed by atoms with Crippen molar-refractivity contribution in [3.05, 3.63) is 33.9 Å². The third-order valence-corrected chi connectivity index (χ3v) is 5.03. The van der Waals surface area contributed by atoms with Gasteiger partial charge in [-0.1, -0.05) is 26.2 Å². The molecule has 28 heavy (non-hydrogen) atoms. The normalized spacial score (nSPS) is 15.6. The lowest BCUT2D eigenvalue weighted by atomic mass is 9.95. The number of nitrogens with zero attached hydrogens (tertiary/aromatic N) is 1. The van der Waals surface area contributed by atoms with E-state index in [4.69, 9.17) is 4.74 Å². The molecule has 1 amide bonds. The topological polar surface area (TPSA) is 98.5 Å². The number of benzene rings is 1. The van der Waals surface area contributed by atoms with Gasteiger partial charge < -0.3 is 10.1 Å². The third-order valence-electron chi connectivity index (χ3n) is 5.03. The number of nitrogens with one attached hydrogen (secondary N) is 1. The second-order valence-corrected chi connectivity index (χ2v) is 7.48. The van der Waals surface area contributed by atoms with Gasteiger partial charge in [0, 0.05) is 24.9 Å². The van der Waals surface area contributed by atoms with E-state index < -0.39 is 4.92 Å². The van der Waals surface area contributed by atoms with Gasteiger partial charge in [0.05, 0.1) is 16.6 Å². The van der Waals surface area contributed by atoms with Crippen LogP contribution in [0.25, 0.3) is 0 Å². The van der Waals surface area contributed by atoms with E-state index in [1.807, 2.05) is 13.8 Å². The van der Waals surface area contributed by atoms with Gasteiger partial charge in [-0.15, -0.1) is 0 Å². The van der Waals surface area contributed by atoms with Crippen molar-refractivity contribution in [3.63, 3.8) is 0 Å². The molecule has 1 saturated carbocycles. The summed E-state index contributed by atoms with van der Waals surface area (Å²) < 4.78 is 5.80. The lowest BCUT2D eigenvalue weighted by Gasteiger charge is -2.23. The highest BCUT2D eigenvalue weighted by Gasteiger charge is 2.21. The minimum Gasteiger partial charge on any atom is -0.491 e. The van der Waals surface area contributed by atoms with Crippen molar-refractivity contribution in [2.45, 2.75) is 83.8 Å². The first-order valence-electron chi connectivity index (χ1n) is 10.2. The molecule has 7 heteroatoms. The third kappa shape index (κ3) is 6.62. The molecule has 1 N–H and O–H groups in total. The molecule has 1 aliphatic carbocycles. The number of Topliss-reactive ketones (excluding diaryl/α,β-unsaturated/α-hetero) is 1. The van der Waals surface area contributed by atoms with Crippen LogP contribution in [0.4, 0.5) is 5.69 Å². The molecule has 0 aromatic heterocycles. The molecule has 0 heterocycles. The molecule has 2 rings (SSSR count). The highest BCUT2D eigenvalue weighted by molar-refractivity contribution is 6.00. The Balaban J connectivity index is 1.90. The van der Waals surface area contributed by atoms with E-state index in [-0.39, 0.29) is 35.5 Å². The summed E-state index contributed by atoms with van der Waals surface area (Å²) >= 11 is 0. The summed E-state index contributed by atoms with van der Waals surface area (Å²) in [6, 6.07) is 4.54. The molecule has 1 unspecified atom stereocenters. The van der Waals surface area contributed by atoms with Crippen LogP contribution < -0.4 is 10.1 Å². The first kappa shape index (κ1) is 21.9. The van der Waals surface area contributed by atoms with E-state index in [2.05, 4.69) is 5.32 Å². The van der Waals surface area contributed by atoms with Crippen molar-refractivity contribution >= 4 is 17.4 Å². The Labute approximate surface area is 166 Å². The Kier molecular flexibility index (Phi) is 8.42. The first-order valence-corrected chi connectivity index (χ1v) is 10.2. The first-order chi connectivity index (χ1) is 13.4. The number of nitro benzene ring substituents is 1. The predicted octanol–water partition coefficient (Wildman–Crippen LogP) is 4.57. The average Bonchev–Trinajstić information content (AvgIpc) is 2.67. The largest absolute Gasteiger partial charge is 0.491 e. The molecule has 1 aromatic rings. The maximum atomic E-state index is 12.2. The van der Waals surface area contributed by atoms with E-state index >= 15 is 0 Å². The van der Waals surface area contributed by atoms with E-state index in [1.54, 1.807) is 0 Å². The van der Waals surface area contributed by atoms with Crippen LogP contribution in [-0.2, 0) is 4.79 Å². The Hall–Kier alpha value is -2.44. The summed E-state index contributed by atoms with van der Waals surface area (Å²) in [5, 5.41) is 14.3. The standard InChI is InChI=1S/C21H30N2O5/c1-3-7-20(24)18-14-17(11-12-19(18)23(26)27)28-15(2)10-13-21(25)22-16-8-5-4-6-9-16/h11-12,14-16H,3-10,13H2,1-2H3,(H,22,25). The van der Waals surface area contributed by atoms with Crippen LogP contribution in [0.5, 0.6) is 5.75 Å². The Morgan fingerprint density at radius 2 is 1.96 bits per heavy atom. The number of hydrogen-bond donors (Lipinski definition) is 1. The molecule has 1 fully saturated rings. The number of ether oxygens (including phenoxy) is 1. The lowest BCUT2D eigenvalue weighted by molar-refractivity contribution is -0.385. The number of ketones is 1. The zero-order chi connectivity index (χ0) is 20.5. The maximum Gasteiger partial charge on any atom is 0.280 e. The van der Waals surface area contributed by atoms with E-state index in [0.717, 1.165) is 12.8 Å². The van der Waals surface area contributed by atoms with Gasteiger partial charge in [-0.05, 0) is 44.7 Å². The van der Waals surface area contributed by atoms with Gasteiger partial charge >= 0.3 is 0 Å². The van der Waals surface area contributed by atoms with Crippen LogP contribution in [-0.4, -0.2) is 28.8 Å². The SMILES string of the molecule is CCCC(=O)c1cc(OC(C)CCC(=O)NC2CCCCC2)ccc1[N+](=O)[O-]. The van der Waals surface area contributed by atoms with Gasteiger partial charge in [0.2, 0.25) is 5.91 Å². The van der Waals surface area contributed by atoms with Crippen LogP contribution in [0.3, 0.4) is 0 Å². The van der Waals surface area contributed by atoms with Crippen molar-refractivity contribution in [3.8, 4) is 5.75 Å². The van der Waals surface area contributed by atoms with Crippen molar-refractivity contribution in [1.82, 2.24) is 5.32 Å². The van der Waals surface area contributed by atoms with Gasteiger partial charge in [0.25, 0.3) is 5.69 Å². The van der Waals surface area contributed by atoms with Crippen LogP contribution in [0.2, 0.25) is 0 Å². The number of rotatable bonds is 10. The smallest absolute Gasteiger partial charge is 0.280 e. The van der Waals surface area contributed by atoms with E-state index in [1.165, 1.54) is 37.5 Å². The summed E-state index contributed by atoms with van der Waals surface area (Å²) in [5.74, 6) is 0.175. The molecular weight excluding hydrogens is 360 g/mol. The number of carbonyl (C=O) groups is 2. The number of nitro groups is 1. The quantitative estimate of drug-likeness (QED) is 0.358. The van der Waals surface area contributed by atoms with Crippen LogP contribution in [0, 0.1) is 10.1 Å². The molecule has 1 aromatic carbocycles. The highest BCUT2D eigenvalue weighted by Crippen LogP contribution is 2.27. The lowest BCUT2D eigenvalue weighted by Crippen LogP contribution is -2.36. The molecule has 0 radical (unpaired) electrons. The maximum absolute atomic E-state index is 12.2. The second-order valence-electron chi connectivity index (χ2n) is 7.48. The highest BCUT2D eigenvalue weighted by atomic mass is 16.6. The molecule has 7 nitrogen and oxygen atoms in total. The van der Waals surface area contributed by atoms with E-state index in [9.17, 15) is 19.7 Å².